The SMILES string of the molecule is CC(=O)SC(CCCN=[N+]=[N-])CNC(=O)OC(C)(C)C. The Bertz CT molecular complexity index is 375. The molecular formula is C12H22N4O3S. The summed E-state index contributed by atoms with van der Waals surface area (Å²) in [4.78, 5) is 25.4. The van der Waals surface area contributed by atoms with Crippen LogP contribution in [0.1, 0.15) is 40.5 Å². The molecule has 0 aliphatic heterocycles. The summed E-state index contributed by atoms with van der Waals surface area (Å²) < 4.78 is 5.13. The minimum absolute atomic E-state index is 0.00947. The summed E-state index contributed by atoms with van der Waals surface area (Å²) in [5.74, 6) is 0. The molecule has 0 aromatic heterocycles. The Labute approximate surface area is 123 Å². The second-order valence-corrected chi connectivity index (χ2v) is 6.69. The molecule has 1 N–H and O–H groups in total. The normalized spacial score (nSPS) is 12.2. The van der Waals surface area contributed by atoms with Gasteiger partial charge in [-0.05, 0) is 39.1 Å². The van der Waals surface area contributed by atoms with E-state index < -0.39 is 11.7 Å². The van der Waals surface area contributed by atoms with Gasteiger partial charge < -0.3 is 10.1 Å². The van der Waals surface area contributed by atoms with Crippen molar-refractivity contribution in [3.8, 4) is 0 Å². The van der Waals surface area contributed by atoms with Gasteiger partial charge in [-0.15, -0.1) is 0 Å². The van der Waals surface area contributed by atoms with E-state index >= 15 is 0 Å². The number of thioether (sulfide) groups is 1. The highest BCUT2D eigenvalue weighted by atomic mass is 32.2. The van der Waals surface area contributed by atoms with Gasteiger partial charge in [0.1, 0.15) is 5.60 Å². The lowest BCUT2D eigenvalue weighted by atomic mass is 10.2. The number of hydrogen-bond acceptors (Lipinski definition) is 5. The third-order valence-corrected chi connectivity index (χ3v) is 3.12. The van der Waals surface area contributed by atoms with E-state index in [2.05, 4.69) is 15.3 Å². The van der Waals surface area contributed by atoms with Crippen LogP contribution in [0.15, 0.2) is 5.11 Å². The summed E-state index contributed by atoms with van der Waals surface area (Å²) in [6, 6.07) is 0. The van der Waals surface area contributed by atoms with Gasteiger partial charge in [-0.3, -0.25) is 4.79 Å². The van der Waals surface area contributed by atoms with Crippen LogP contribution in [0, 0.1) is 0 Å². The minimum Gasteiger partial charge on any atom is -0.444 e. The lowest BCUT2D eigenvalue weighted by molar-refractivity contribution is -0.109. The molecule has 8 heteroatoms. The van der Waals surface area contributed by atoms with Gasteiger partial charge in [0.05, 0.1) is 0 Å². The van der Waals surface area contributed by atoms with Crippen LogP contribution in [0.3, 0.4) is 0 Å². The average Bonchev–Trinajstić information content (AvgIpc) is 2.28. The molecule has 0 rings (SSSR count). The van der Waals surface area contributed by atoms with E-state index in [0.717, 1.165) is 0 Å². The quantitative estimate of drug-likeness (QED) is 0.337. The molecule has 0 spiro atoms. The fraction of sp³-hybridized carbons (Fsp3) is 0.833. The molecule has 20 heavy (non-hydrogen) atoms. The van der Waals surface area contributed by atoms with Crippen molar-refractivity contribution in [3.05, 3.63) is 10.4 Å². The summed E-state index contributed by atoms with van der Waals surface area (Å²) in [5.41, 5.74) is 7.64. The number of hydrogen-bond donors (Lipinski definition) is 1. The lowest BCUT2D eigenvalue weighted by Crippen LogP contribution is -2.36. The number of nitrogens with zero attached hydrogens (tertiary/aromatic N) is 3. The van der Waals surface area contributed by atoms with Crippen molar-refractivity contribution in [2.45, 2.75) is 51.4 Å². The summed E-state index contributed by atoms with van der Waals surface area (Å²) in [5, 5.41) is 6.03. The molecule has 0 fully saturated rings. The number of nitrogens with one attached hydrogen (secondary N) is 1. The highest BCUT2D eigenvalue weighted by Gasteiger charge is 2.18. The number of alkyl carbamates (subject to hydrolysis) is 1. The number of carbonyl (C=O) groups is 2. The maximum Gasteiger partial charge on any atom is 0.407 e. The Morgan fingerprint density at radius 3 is 2.60 bits per heavy atom. The number of rotatable bonds is 7. The van der Waals surface area contributed by atoms with Crippen molar-refractivity contribution < 1.29 is 14.3 Å². The van der Waals surface area contributed by atoms with Crippen LogP contribution < -0.4 is 5.32 Å². The summed E-state index contributed by atoms with van der Waals surface area (Å²) in [7, 11) is 0. The number of azide groups is 1. The Kier molecular flexibility index (Phi) is 8.83. The molecule has 0 saturated carbocycles. The fourth-order valence-electron chi connectivity index (χ4n) is 1.38. The standard InChI is InChI=1S/C12H22N4O3S/c1-9(17)20-10(6-5-7-15-16-13)8-14-11(18)19-12(2,3)4/h10H,5-8H2,1-4H3,(H,14,18). The minimum atomic E-state index is -0.547. The maximum absolute atomic E-state index is 11.5. The van der Waals surface area contributed by atoms with E-state index in [4.69, 9.17) is 10.3 Å². The monoisotopic (exact) mass is 302 g/mol. The second-order valence-electron chi connectivity index (χ2n) is 5.21. The molecule has 0 heterocycles. The Hall–Kier alpha value is -1.40. The highest BCUT2D eigenvalue weighted by molar-refractivity contribution is 8.14. The van der Waals surface area contributed by atoms with Gasteiger partial charge in [0.25, 0.3) is 0 Å². The molecule has 0 radical (unpaired) electrons. The molecule has 1 amide bonds. The third-order valence-electron chi connectivity index (χ3n) is 2.05. The van der Waals surface area contributed by atoms with E-state index in [9.17, 15) is 9.59 Å². The lowest BCUT2D eigenvalue weighted by Gasteiger charge is -2.21. The van der Waals surface area contributed by atoms with Crippen LogP contribution in [-0.4, -0.2) is 35.1 Å². The summed E-state index contributed by atoms with van der Waals surface area (Å²) in [6.07, 6.45) is 0.853. The Morgan fingerprint density at radius 1 is 1.45 bits per heavy atom. The molecule has 0 saturated heterocycles. The molecular weight excluding hydrogens is 280 g/mol. The molecule has 114 valence electrons. The molecule has 0 aromatic rings. The zero-order valence-corrected chi connectivity index (χ0v) is 13.2. The average molecular weight is 302 g/mol. The van der Waals surface area contributed by atoms with E-state index in [1.165, 1.54) is 18.7 Å². The molecule has 0 aliphatic carbocycles. The van der Waals surface area contributed by atoms with Gasteiger partial charge >= 0.3 is 6.09 Å². The van der Waals surface area contributed by atoms with Crippen LogP contribution in [0.4, 0.5) is 4.79 Å². The highest BCUT2D eigenvalue weighted by Crippen LogP contribution is 2.17. The third kappa shape index (κ3) is 11.7. The zero-order chi connectivity index (χ0) is 15.6. The zero-order valence-electron chi connectivity index (χ0n) is 12.4. The molecule has 0 bridgehead atoms. The van der Waals surface area contributed by atoms with E-state index in [1.54, 1.807) is 20.8 Å². The summed E-state index contributed by atoms with van der Waals surface area (Å²) >= 11 is 1.17. The molecule has 0 aliphatic rings. The predicted octanol–water partition coefficient (Wildman–Crippen LogP) is 3.25. The fourth-order valence-corrected chi connectivity index (χ4v) is 2.30. The maximum atomic E-state index is 11.5. The van der Waals surface area contributed by atoms with Crippen molar-refractivity contribution in [1.82, 2.24) is 5.32 Å². The Morgan fingerprint density at radius 2 is 2.10 bits per heavy atom. The van der Waals surface area contributed by atoms with Crippen LogP contribution in [0.2, 0.25) is 0 Å². The largest absolute Gasteiger partial charge is 0.444 e. The second kappa shape index (κ2) is 9.50. The Balaban J connectivity index is 4.18. The smallest absolute Gasteiger partial charge is 0.407 e. The summed E-state index contributed by atoms with van der Waals surface area (Å²) in [6.45, 7) is 7.57. The topological polar surface area (TPSA) is 104 Å². The van der Waals surface area contributed by atoms with E-state index in [0.29, 0.717) is 25.9 Å². The van der Waals surface area contributed by atoms with Crippen LogP contribution in [0.5, 0.6) is 0 Å². The van der Waals surface area contributed by atoms with Gasteiger partial charge in [-0.25, -0.2) is 4.79 Å². The first-order chi connectivity index (χ1) is 9.24. The molecule has 0 aromatic carbocycles. The van der Waals surface area contributed by atoms with Crippen molar-refractivity contribution in [1.29, 1.82) is 0 Å². The van der Waals surface area contributed by atoms with Gasteiger partial charge in [0.2, 0.25) is 0 Å². The number of carbonyl (C=O) groups excluding carboxylic acids is 2. The van der Waals surface area contributed by atoms with Crippen LogP contribution in [-0.2, 0) is 9.53 Å². The molecule has 1 unspecified atom stereocenters. The first-order valence-electron chi connectivity index (χ1n) is 6.39. The predicted molar refractivity (Wildman–Crippen MR) is 79.5 cm³/mol. The molecule has 7 nitrogen and oxygen atoms in total. The molecule has 1 atom stereocenters. The first-order valence-corrected chi connectivity index (χ1v) is 7.27. The first kappa shape index (κ1) is 18.6. The van der Waals surface area contributed by atoms with Crippen LogP contribution >= 0.6 is 11.8 Å². The van der Waals surface area contributed by atoms with Gasteiger partial charge in [0, 0.05) is 30.2 Å². The number of amides is 1. The van der Waals surface area contributed by atoms with Gasteiger partial charge in [-0.1, -0.05) is 16.9 Å². The van der Waals surface area contributed by atoms with E-state index in [1.807, 2.05) is 0 Å². The number of ether oxygens (including phenoxy) is 1. The van der Waals surface area contributed by atoms with E-state index in [-0.39, 0.29) is 10.4 Å². The van der Waals surface area contributed by atoms with Crippen molar-refractivity contribution in [3.63, 3.8) is 0 Å². The van der Waals surface area contributed by atoms with Crippen LogP contribution in [0.25, 0.3) is 10.4 Å². The van der Waals surface area contributed by atoms with Gasteiger partial charge in [-0.2, -0.15) is 0 Å². The van der Waals surface area contributed by atoms with Crippen molar-refractivity contribution in [2.75, 3.05) is 13.1 Å². The van der Waals surface area contributed by atoms with Gasteiger partial charge in [0.15, 0.2) is 5.12 Å². The van der Waals surface area contributed by atoms with Crippen molar-refractivity contribution in [2.24, 2.45) is 5.11 Å². The van der Waals surface area contributed by atoms with Crippen molar-refractivity contribution >= 4 is 23.0 Å².